The van der Waals surface area contributed by atoms with Gasteiger partial charge in [-0.1, -0.05) is 96.7 Å². The summed E-state index contributed by atoms with van der Waals surface area (Å²) in [7, 11) is -1.25. The molecule has 0 amide bonds. The van der Waals surface area contributed by atoms with Gasteiger partial charge in [-0.3, -0.25) is 0 Å². The van der Waals surface area contributed by atoms with Gasteiger partial charge in [0.05, 0.1) is 0 Å². The van der Waals surface area contributed by atoms with Crippen LogP contribution in [0.25, 0.3) is 0 Å². The van der Waals surface area contributed by atoms with Gasteiger partial charge in [0.25, 0.3) is 0 Å². The molecular weight excluding hydrogens is 529 g/mol. The molecule has 0 aliphatic rings. The molecule has 0 spiro atoms. The Morgan fingerprint density at radius 2 is 0.564 bits per heavy atom. The van der Waals surface area contributed by atoms with Crippen LogP contribution in [0.15, 0.2) is 209 Å². The summed E-state index contributed by atoms with van der Waals surface area (Å²) >= 11 is 1.85. The molecule has 3 heteroatoms. The quantitative estimate of drug-likeness (QED) is 0.175. The van der Waals surface area contributed by atoms with Crippen LogP contribution in [0, 0.1) is 0 Å². The largest absolute Gasteiger partial charge is 0.173 e. The van der Waals surface area contributed by atoms with Crippen molar-refractivity contribution >= 4 is 33.6 Å². The highest BCUT2D eigenvalue weighted by Crippen LogP contribution is 2.53. The molecule has 0 saturated heterocycles. The Morgan fingerprint density at radius 3 is 0.872 bits per heavy atom. The second-order valence-electron chi connectivity index (χ2n) is 9.11. The summed E-state index contributed by atoms with van der Waals surface area (Å²) in [6, 6.07) is 61.9. The van der Waals surface area contributed by atoms with Crippen molar-refractivity contribution in [3.05, 3.63) is 170 Å². The van der Waals surface area contributed by atoms with Crippen molar-refractivity contribution in [3.8, 4) is 0 Å². The lowest BCUT2D eigenvalue weighted by molar-refractivity contribution is 1.26. The molecule has 0 aliphatic carbocycles. The third-order valence-electron chi connectivity index (χ3n) is 6.44. The first-order valence-corrected chi connectivity index (χ1v) is 16.5. The molecule has 6 rings (SSSR count). The van der Waals surface area contributed by atoms with Crippen LogP contribution in [0.1, 0.15) is 0 Å². The van der Waals surface area contributed by atoms with Crippen molar-refractivity contribution in [2.45, 2.75) is 39.2 Å². The Bertz CT molecular complexity index is 1410. The molecule has 0 fully saturated rings. The number of benzene rings is 6. The molecule has 0 heterocycles. The first kappa shape index (κ1) is 25.6. The average Bonchev–Trinajstić information content (AvgIpc) is 3.00. The minimum Gasteiger partial charge on any atom is -0.173 e. The average molecular weight is 559 g/mol. The highest BCUT2D eigenvalue weighted by molar-refractivity contribution is 8.17. The summed E-state index contributed by atoms with van der Waals surface area (Å²) in [4.78, 5) is 10.8. The summed E-state index contributed by atoms with van der Waals surface area (Å²) in [5, 5.41) is 0. The van der Waals surface area contributed by atoms with Gasteiger partial charge in [-0.2, -0.15) is 21.8 Å². The van der Waals surface area contributed by atoms with Crippen LogP contribution in [0.5, 0.6) is 0 Å². The van der Waals surface area contributed by atoms with Crippen LogP contribution >= 0.6 is 33.6 Å². The molecule has 0 N–H and O–H groups in total. The molecule has 0 nitrogen and oxygen atoms in total. The zero-order valence-electron chi connectivity index (χ0n) is 21.5. The Hall–Kier alpha value is -3.63. The zero-order chi connectivity index (χ0) is 26.3. The smallest absolute Gasteiger partial charge is 0.0133 e. The summed E-state index contributed by atoms with van der Waals surface area (Å²) < 4.78 is 0. The maximum atomic E-state index is 2.39. The molecule has 0 aliphatic heterocycles. The number of thiol groups is 2. The van der Waals surface area contributed by atoms with E-state index in [1.54, 1.807) is 0 Å². The molecule has 192 valence electrons. The fourth-order valence-electron chi connectivity index (χ4n) is 4.71. The molecule has 0 bridgehead atoms. The minimum absolute atomic E-state index is 0.624. The molecule has 0 radical (unpaired) electrons. The van der Waals surface area contributed by atoms with Crippen LogP contribution in [-0.4, -0.2) is 0 Å². The maximum Gasteiger partial charge on any atom is 0.0133 e. The third kappa shape index (κ3) is 6.17. The molecular formula is C36H30S3. The van der Waals surface area contributed by atoms with E-state index in [-0.39, 0.29) is 0 Å². The number of hydrogen-bond acceptors (Lipinski definition) is 1. The zero-order valence-corrected chi connectivity index (χ0v) is 24.1. The lowest BCUT2D eigenvalue weighted by Crippen LogP contribution is -1.89. The van der Waals surface area contributed by atoms with Crippen molar-refractivity contribution in [1.29, 1.82) is 0 Å². The number of hydrogen-bond donors (Lipinski definition) is 2. The van der Waals surface area contributed by atoms with E-state index in [1.807, 2.05) is 11.8 Å². The van der Waals surface area contributed by atoms with E-state index in [1.165, 1.54) is 39.2 Å². The van der Waals surface area contributed by atoms with Crippen molar-refractivity contribution in [2.75, 3.05) is 0 Å². The van der Waals surface area contributed by atoms with Crippen LogP contribution in [0.4, 0.5) is 0 Å². The van der Waals surface area contributed by atoms with Crippen LogP contribution in [0.2, 0.25) is 0 Å². The molecule has 0 atom stereocenters. The predicted octanol–water partition coefficient (Wildman–Crippen LogP) is 10.8. The lowest BCUT2D eigenvalue weighted by Gasteiger charge is -2.24. The van der Waals surface area contributed by atoms with Gasteiger partial charge >= 0.3 is 0 Å². The summed E-state index contributed by atoms with van der Waals surface area (Å²) in [5.41, 5.74) is 0. The van der Waals surface area contributed by atoms with Gasteiger partial charge in [0.1, 0.15) is 0 Å². The normalized spacial score (nSPS) is 11.6. The topological polar surface area (TPSA) is 0 Å². The Kier molecular flexibility index (Phi) is 8.21. The standard InChI is InChI=1S/C36H30S3/c1-5-17-31(18-6-1)38(32-19-7-2-8-20-32)35-25-13-15-29(27-35)37-30-16-14-26-36(28-30)39(33-21-9-3-10-22-33)34-23-11-4-12-24-34/h1-28,38-39H. The Balaban J connectivity index is 1.34. The van der Waals surface area contributed by atoms with Gasteiger partial charge in [-0.05, 0) is 114 Å². The van der Waals surface area contributed by atoms with Crippen molar-refractivity contribution in [2.24, 2.45) is 0 Å². The highest BCUT2D eigenvalue weighted by atomic mass is 32.2. The molecule has 0 unspecified atom stereocenters. The Labute approximate surface area is 241 Å². The van der Waals surface area contributed by atoms with Gasteiger partial charge in [-0.15, -0.1) is 0 Å². The third-order valence-corrected chi connectivity index (χ3v) is 12.3. The van der Waals surface area contributed by atoms with Crippen molar-refractivity contribution < 1.29 is 0 Å². The minimum atomic E-state index is -0.624. The van der Waals surface area contributed by atoms with E-state index in [2.05, 4.69) is 170 Å². The number of rotatable bonds is 8. The Morgan fingerprint density at radius 1 is 0.282 bits per heavy atom. The van der Waals surface area contributed by atoms with Crippen LogP contribution in [-0.2, 0) is 0 Å². The second-order valence-corrected chi connectivity index (χ2v) is 14.7. The first-order valence-electron chi connectivity index (χ1n) is 13.0. The van der Waals surface area contributed by atoms with Gasteiger partial charge in [0.15, 0.2) is 0 Å². The van der Waals surface area contributed by atoms with Gasteiger partial charge in [0.2, 0.25) is 0 Å². The van der Waals surface area contributed by atoms with Crippen molar-refractivity contribution in [3.63, 3.8) is 0 Å². The summed E-state index contributed by atoms with van der Waals surface area (Å²) in [6.07, 6.45) is 0. The monoisotopic (exact) mass is 558 g/mol. The lowest BCUT2D eigenvalue weighted by atomic mass is 10.3. The highest BCUT2D eigenvalue weighted by Gasteiger charge is 2.15. The fraction of sp³-hybridized carbons (Fsp3) is 0. The van der Waals surface area contributed by atoms with E-state index in [0.29, 0.717) is 0 Å². The molecule has 6 aromatic rings. The fourth-order valence-corrected chi connectivity index (χ4v) is 10.5. The molecule has 39 heavy (non-hydrogen) atoms. The van der Waals surface area contributed by atoms with E-state index in [9.17, 15) is 0 Å². The van der Waals surface area contributed by atoms with Crippen LogP contribution < -0.4 is 0 Å². The van der Waals surface area contributed by atoms with E-state index in [0.717, 1.165) is 0 Å². The van der Waals surface area contributed by atoms with E-state index < -0.39 is 21.8 Å². The second kappa shape index (κ2) is 12.5. The van der Waals surface area contributed by atoms with Gasteiger partial charge < -0.3 is 0 Å². The summed E-state index contributed by atoms with van der Waals surface area (Å²) in [6.45, 7) is 0. The SMILES string of the molecule is c1ccc([SH](c2ccccc2)c2cccc(Sc3cccc([SH](c4ccccc4)c4ccccc4)c3)c2)cc1. The summed E-state index contributed by atoms with van der Waals surface area (Å²) in [5.74, 6) is 0. The first-order chi connectivity index (χ1) is 19.3. The van der Waals surface area contributed by atoms with Crippen LogP contribution in [0.3, 0.4) is 0 Å². The molecule has 6 aromatic carbocycles. The van der Waals surface area contributed by atoms with Gasteiger partial charge in [0, 0.05) is 9.79 Å². The maximum absolute atomic E-state index is 2.39. The van der Waals surface area contributed by atoms with Gasteiger partial charge in [-0.25, -0.2) is 0 Å². The van der Waals surface area contributed by atoms with E-state index in [4.69, 9.17) is 0 Å². The van der Waals surface area contributed by atoms with Crippen molar-refractivity contribution in [1.82, 2.24) is 0 Å². The van der Waals surface area contributed by atoms with E-state index >= 15 is 0 Å². The molecule has 0 aromatic heterocycles. The molecule has 0 saturated carbocycles. The predicted molar refractivity (Wildman–Crippen MR) is 170 cm³/mol.